The van der Waals surface area contributed by atoms with Crippen LogP contribution in [0.15, 0.2) is 47.4 Å². The third kappa shape index (κ3) is 4.22. The zero-order valence-corrected chi connectivity index (χ0v) is 13.8. The van der Waals surface area contributed by atoms with Gasteiger partial charge in [-0.3, -0.25) is 0 Å². The van der Waals surface area contributed by atoms with Crippen molar-refractivity contribution in [2.45, 2.75) is 24.3 Å². The molecule has 1 N–H and O–H groups in total. The molecule has 0 aliphatic carbocycles. The van der Waals surface area contributed by atoms with Gasteiger partial charge in [-0.1, -0.05) is 36.7 Å². The quantitative estimate of drug-likeness (QED) is 0.725. The molecule has 2 aromatic rings. The van der Waals surface area contributed by atoms with E-state index >= 15 is 0 Å². The second kappa shape index (κ2) is 7.83. The summed E-state index contributed by atoms with van der Waals surface area (Å²) in [4.78, 5) is 1.20. The van der Waals surface area contributed by atoms with E-state index in [9.17, 15) is 4.39 Å². The van der Waals surface area contributed by atoms with Crippen LogP contribution in [-0.2, 0) is 0 Å². The van der Waals surface area contributed by atoms with Gasteiger partial charge in [0.25, 0.3) is 0 Å². The molecule has 0 aliphatic rings. The average Bonchev–Trinajstić information content (AvgIpc) is 2.50. The van der Waals surface area contributed by atoms with E-state index < -0.39 is 0 Å². The van der Waals surface area contributed by atoms with Crippen molar-refractivity contribution in [3.05, 3.63) is 64.4 Å². The lowest BCUT2D eigenvalue weighted by atomic mass is 9.98. The molecule has 2 rings (SSSR count). The van der Waals surface area contributed by atoms with Crippen LogP contribution in [0.2, 0.25) is 5.02 Å². The molecule has 0 fully saturated rings. The molecule has 21 heavy (non-hydrogen) atoms. The van der Waals surface area contributed by atoms with E-state index in [-0.39, 0.29) is 11.9 Å². The molecule has 0 aromatic heterocycles. The minimum Gasteiger partial charge on any atom is -0.306 e. The Bertz CT molecular complexity index is 586. The Morgan fingerprint density at radius 1 is 1.19 bits per heavy atom. The molecular weight excluding hydrogens is 305 g/mol. The Labute approximate surface area is 134 Å². The van der Waals surface area contributed by atoms with Gasteiger partial charge in [0.1, 0.15) is 5.82 Å². The second-order valence-electron chi connectivity index (χ2n) is 4.83. The summed E-state index contributed by atoms with van der Waals surface area (Å²) in [6.07, 6.45) is 3.04. The van der Waals surface area contributed by atoms with Crippen molar-refractivity contribution >= 4 is 23.4 Å². The van der Waals surface area contributed by atoms with E-state index in [0.717, 1.165) is 18.5 Å². The fraction of sp³-hybridized carbons (Fsp3) is 0.294. The summed E-state index contributed by atoms with van der Waals surface area (Å²) in [6, 6.07) is 12.9. The molecule has 0 amide bonds. The fourth-order valence-electron chi connectivity index (χ4n) is 2.23. The van der Waals surface area contributed by atoms with Gasteiger partial charge in [-0.05, 0) is 49.1 Å². The zero-order chi connectivity index (χ0) is 15.2. The Morgan fingerprint density at radius 3 is 2.48 bits per heavy atom. The van der Waals surface area contributed by atoms with Gasteiger partial charge in [0.05, 0.1) is 6.04 Å². The van der Waals surface area contributed by atoms with Gasteiger partial charge in [0.2, 0.25) is 0 Å². The van der Waals surface area contributed by atoms with Gasteiger partial charge in [-0.25, -0.2) is 4.39 Å². The second-order valence-corrected chi connectivity index (χ2v) is 6.14. The number of nitrogens with one attached hydrogen (secondary N) is 1. The Kier molecular flexibility index (Phi) is 6.09. The third-order valence-corrected chi connectivity index (χ3v) is 4.30. The number of hydrogen-bond acceptors (Lipinski definition) is 2. The van der Waals surface area contributed by atoms with Crippen molar-refractivity contribution in [3.8, 4) is 0 Å². The van der Waals surface area contributed by atoms with Crippen LogP contribution in [0, 0.1) is 5.82 Å². The molecular formula is C17H19ClFNS. The van der Waals surface area contributed by atoms with Crippen LogP contribution >= 0.6 is 23.4 Å². The highest BCUT2D eigenvalue weighted by atomic mass is 35.5. The fourth-order valence-corrected chi connectivity index (χ4v) is 2.80. The molecule has 1 nitrogen and oxygen atoms in total. The standard InChI is InChI=1S/C17H19ClFNS/c1-3-10-20-17(12-4-7-14(21-2)8-5-12)15-9-6-13(18)11-16(15)19/h4-9,11,17,20H,3,10H2,1-2H3. The van der Waals surface area contributed by atoms with E-state index in [4.69, 9.17) is 11.6 Å². The molecule has 1 unspecified atom stereocenters. The first-order valence-corrected chi connectivity index (χ1v) is 8.58. The molecule has 0 heterocycles. The predicted molar refractivity (Wildman–Crippen MR) is 89.8 cm³/mol. The first-order valence-electron chi connectivity index (χ1n) is 6.98. The number of thioether (sulfide) groups is 1. The Morgan fingerprint density at radius 2 is 1.90 bits per heavy atom. The highest BCUT2D eigenvalue weighted by Gasteiger charge is 2.17. The highest BCUT2D eigenvalue weighted by Crippen LogP contribution is 2.28. The smallest absolute Gasteiger partial charge is 0.129 e. The molecule has 0 saturated heterocycles. The monoisotopic (exact) mass is 323 g/mol. The maximum Gasteiger partial charge on any atom is 0.129 e. The van der Waals surface area contributed by atoms with Crippen molar-refractivity contribution in [2.75, 3.05) is 12.8 Å². The largest absolute Gasteiger partial charge is 0.306 e. The van der Waals surface area contributed by atoms with Crippen molar-refractivity contribution in [1.82, 2.24) is 5.32 Å². The van der Waals surface area contributed by atoms with Crippen molar-refractivity contribution in [3.63, 3.8) is 0 Å². The number of halogens is 2. The van der Waals surface area contributed by atoms with E-state index in [2.05, 4.69) is 24.4 Å². The molecule has 0 saturated carbocycles. The summed E-state index contributed by atoms with van der Waals surface area (Å²) in [5.74, 6) is -0.273. The lowest BCUT2D eigenvalue weighted by Crippen LogP contribution is -2.24. The van der Waals surface area contributed by atoms with Crippen LogP contribution in [0.3, 0.4) is 0 Å². The normalized spacial score (nSPS) is 12.4. The number of hydrogen-bond donors (Lipinski definition) is 1. The van der Waals surface area contributed by atoms with Gasteiger partial charge in [0, 0.05) is 15.5 Å². The molecule has 0 aliphatic heterocycles. The van der Waals surface area contributed by atoms with Crippen LogP contribution in [0.4, 0.5) is 4.39 Å². The van der Waals surface area contributed by atoms with Crippen LogP contribution in [0.25, 0.3) is 0 Å². The van der Waals surface area contributed by atoms with Crippen LogP contribution in [0.5, 0.6) is 0 Å². The third-order valence-electron chi connectivity index (χ3n) is 3.32. The van der Waals surface area contributed by atoms with Gasteiger partial charge < -0.3 is 5.32 Å². The number of benzene rings is 2. The van der Waals surface area contributed by atoms with Gasteiger partial charge in [-0.2, -0.15) is 0 Å². The first-order chi connectivity index (χ1) is 10.2. The summed E-state index contributed by atoms with van der Waals surface area (Å²) in [5, 5.41) is 3.83. The van der Waals surface area contributed by atoms with Crippen molar-refractivity contribution in [2.24, 2.45) is 0 Å². The predicted octanol–water partition coefficient (Wildman–Crippen LogP) is 5.29. The summed E-state index contributed by atoms with van der Waals surface area (Å²) in [7, 11) is 0. The van der Waals surface area contributed by atoms with E-state index in [1.165, 1.54) is 11.0 Å². The minimum absolute atomic E-state index is 0.155. The summed E-state index contributed by atoms with van der Waals surface area (Å²) >= 11 is 7.54. The summed E-state index contributed by atoms with van der Waals surface area (Å²) in [5.41, 5.74) is 1.69. The van der Waals surface area contributed by atoms with Gasteiger partial charge in [-0.15, -0.1) is 11.8 Å². The molecule has 112 valence electrons. The maximum absolute atomic E-state index is 14.2. The summed E-state index contributed by atoms with van der Waals surface area (Å²) in [6.45, 7) is 2.93. The maximum atomic E-state index is 14.2. The highest BCUT2D eigenvalue weighted by molar-refractivity contribution is 7.98. The minimum atomic E-state index is -0.273. The molecule has 0 radical (unpaired) electrons. The van der Waals surface area contributed by atoms with E-state index in [0.29, 0.717) is 10.6 Å². The van der Waals surface area contributed by atoms with E-state index in [1.807, 2.05) is 18.4 Å². The lowest BCUT2D eigenvalue weighted by molar-refractivity contribution is 0.546. The Balaban J connectivity index is 2.36. The molecule has 2 aromatic carbocycles. The average molecular weight is 324 g/mol. The topological polar surface area (TPSA) is 12.0 Å². The van der Waals surface area contributed by atoms with Crippen molar-refractivity contribution in [1.29, 1.82) is 0 Å². The van der Waals surface area contributed by atoms with Crippen LogP contribution < -0.4 is 5.32 Å². The summed E-state index contributed by atoms with van der Waals surface area (Å²) < 4.78 is 14.2. The SMILES string of the molecule is CCCNC(c1ccc(SC)cc1)c1ccc(Cl)cc1F. The van der Waals surface area contributed by atoms with Crippen LogP contribution in [-0.4, -0.2) is 12.8 Å². The first kappa shape index (κ1) is 16.3. The molecule has 1 atom stereocenters. The van der Waals surface area contributed by atoms with Crippen LogP contribution in [0.1, 0.15) is 30.5 Å². The zero-order valence-electron chi connectivity index (χ0n) is 12.2. The van der Waals surface area contributed by atoms with Crippen molar-refractivity contribution < 1.29 is 4.39 Å². The molecule has 0 bridgehead atoms. The van der Waals surface area contributed by atoms with Gasteiger partial charge >= 0.3 is 0 Å². The molecule has 4 heteroatoms. The van der Waals surface area contributed by atoms with Gasteiger partial charge in [0.15, 0.2) is 0 Å². The van der Waals surface area contributed by atoms with E-state index in [1.54, 1.807) is 23.9 Å². The molecule has 0 spiro atoms. The lowest BCUT2D eigenvalue weighted by Gasteiger charge is -2.20. The Hall–Kier alpha value is -1.03. The number of rotatable bonds is 6.